The molecule has 0 N–H and O–H groups in total. The molecule has 142 valence electrons. The molecule has 0 unspecified atom stereocenters. The van der Waals surface area contributed by atoms with E-state index in [1.165, 1.54) is 6.07 Å². The first-order valence-corrected chi connectivity index (χ1v) is 8.29. The number of nitrogens with zero attached hydrogens (tertiary/aromatic N) is 3. The first-order valence-electron chi connectivity index (χ1n) is 7.91. The van der Waals surface area contributed by atoms with Gasteiger partial charge in [-0.2, -0.15) is 13.2 Å². The van der Waals surface area contributed by atoms with Gasteiger partial charge < -0.3 is 4.74 Å². The normalized spacial score (nSPS) is 12.4. The van der Waals surface area contributed by atoms with E-state index >= 15 is 0 Å². The predicted octanol–water partition coefficient (Wildman–Crippen LogP) is 5.55. The van der Waals surface area contributed by atoms with Gasteiger partial charge in [-0.1, -0.05) is 18.2 Å². The van der Waals surface area contributed by atoms with Gasteiger partial charge in [0.2, 0.25) is 5.28 Å². The molecule has 0 saturated heterocycles. The van der Waals surface area contributed by atoms with Crippen LogP contribution in [0.2, 0.25) is 5.28 Å². The van der Waals surface area contributed by atoms with Crippen LogP contribution in [0, 0.1) is 0 Å². The van der Waals surface area contributed by atoms with Gasteiger partial charge in [0, 0.05) is 11.6 Å². The van der Waals surface area contributed by atoms with Crippen LogP contribution in [0.5, 0.6) is 0 Å². The molecule has 0 aliphatic carbocycles. The third-order valence-corrected chi connectivity index (χ3v) is 3.78. The topological polar surface area (TPSA) is 57.0 Å². The summed E-state index contributed by atoms with van der Waals surface area (Å²) >= 11 is 5.74. The van der Waals surface area contributed by atoms with E-state index < -0.39 is 29.1 Å². The lowest BCUT2D eigenvalue weighted by Crippen LogP contribution is -2.27. The van der Waals surface area contributed by atoms with Crippen molar-refractivity contribution in [2.45, 2.75) is 32.5 Å². The molecule has 3 aromatic rings. The number of rotatable bonds is 1. The number of alkyl halides is 3. The summed E-state index contributed by atoms with van der Waals surface area (Å²) < 4.78 is 46.9. The second kappa shape index (κ2) is 6.53. The van der Waals surface area contributed by atoms with Crippen molar-refractivity contribution in [3.8, 4) is 11.4 Å². The van der Waals surface area contributed by atoms with Crippen molar-refractivity contribution >= 4 is 28.6 Å². The van der Waals surface area contributed by atoms with Crippen molar-refractivity contribution in [3.05, 3.63) is 47.4 Å². The number of fused-ring (bicyclic) bond motifs is 1. The molecule has 0 aliphatic heterocycles. The van der Waals surface area contributed by atoms with Gasteiger partial charge in [-0.15, -0.1) is 0 Å². The lowest BCUT2D eigenvalue weighted by molar-refractivity contribution is -0.137. The fourth-order valence-corrected chi connectivity index (χ4v) is 2.73. The van der Waals surface area contributed by atoms with E-state index in [0.717, 1.165) is 4.57 Å². The van der Waals surface area contributed by atoms with Gasteiger partial charge in [0.25, 0.3) is 0 Å². The molecule has 3 rings (SSSR count). The average Bonchev–Trinajstić information content (AvgIpc) is 2.91. The summed E-state index contributed by atoms with van der Waals surface area (Å²) in [5.74, 6) is 0. The van der Waals surface area contributed by atoms with E-state index in [1.54, 1.807) is 45.0 Å². The highest BCUT2D eigenvalue weighted by atomic mass is 35.5. The Morgan fingerprint density at radius 1 is 1.19 bits per heavy atom. The Bertz CT molecular complexity index is 1020. The largest absolute Gasteiger partial charge is 0.443 e. The molecule has 0 atom stereocenters. The Morgan fingerprint density at radius 3 is 2.48 bits per heavy atom. The summed E-state index contributed by atoms with van der Waals surface area (Å²) in [6.07, 6.45) is -4.95. The molecule has 5 nitrogen and oxygen atoms in total. The van der Waals surface area contributed by atoms with Crippen LogP contribution in [-0.2, 0) is 10.9 Å². The van der Waals surface area contributed by atoms with E-state index in [0.29, 0.717) is 17.1 Å². The summed E-state index contributed by atoms with van der Waals surface area (Å²) in [5.41, 5.74) is -2.12. The lowest BCUT2D eigenvalue weighted by Gasteiger charge is -2.21. The summed E-state index contributed by atoms with van der Waals surface area (Å²) in [5, 5.41) is 0.195. The highest BCUT2D eigenvalue weighted by Crippen LogP contribution is 2.38. The number of hydrogen-bond acceptors (Lipinski definition) is 4. The van der Waals surface area contributed by atoms with Crippen molar-refractivity contribution in [1.82, 2.24) is 14.5 Å². The van der Waals surface area contributed by atoms with Gasteiger partial charge in [0.05, 0.1) is 11.2 Å². The Morgan fingerprint density at radius 2 is 1.85 bits per heavy atom. The maximum atomic E-state index is 13.5. The fraction of sp³-hybridized carbons (Fsp3) is 0.278. The number of hydrogen-bond donors (Lipinski definition) is 0. The van der Waals surface area contributed by atoms with Crippen LogP contribution < -0.4 is 0 Å². The molecule has 0 spiro atoms. The minimum Gasteiger partial charge on any atom is -0.443 e. The minimum atomic E-state index is -4.73. The van der Waals surface area contributed by atoms with Crippen LogP contribution in [-0.4, -0.2) is 26.2 Å². The number of carbonyl (C=O) groups excluding carboxylic acids is 1. The molecule has 0 bridgehead atoms. The molecule has 1 aromatic carbocycles. The van der Waals surface area contributed by atoms with Crippen LogP contribution in [0.25, 0.3) is 22.3 Å². The molecule has 0 radical (unpaired) electrons. The smallest absolute Gasteiger partial charge is 0.420 e. The molecule has 0 fully saturated rings. The van der Waals surface area contributed by atoms with Gasteiger partial charge in [0.1, 0.15) is 16.9 Å². The Hall–Kier alpha value is -2.61. The standard InChI is InChI=1S/C18H15ClF3N3O2/c1-17(2,3)27-16(26)25-12-7-5-4-6-10(12)8-13(25)14-11(18(20,21)22)9-23-15(19)24-14/h4-9H,1-3H3. The number of benzene rings is 1. The van der Waals surface area contributed by atoms with Gasteiger partial charge in [-0.05, 0) is 44.5 Å². The van der Waals surface area contributed by atoms with Gasteiger partial charge in [-0.3, -0.25) is 0 Å². The zero-order valence-corrected chi connectivity index (χ0v) is 15.4. The van der Waals surface area contributed by atoms with E-state index in [2.05, 4.69) is 9.97 Å². The monoisotopic (exact) mass is 397 g/mol. The predicted molar refractivity (Wildman–Crippen MR) is 94.6 cm³/mol. The fourth-order valence-electron chi connectivity index (χ4n) is 2.60. The third-order valence-electron chi connectivity index (χ3n) is 3.59. The molecule has 2 aromatic heterocycles. The number of ether oxygens (including phenoxy) is 1. The Kier molecular flexibility index (Phi) is 4.63. The summed E-state index contributed by atoms with van der Waals surface area (Å²) in [4.78, 5) is 19.9. The molecule has 27 heavy (non-hydrogen) atoms. The number of aromatic nitrogens is 3. The summed E-state index contributed by atoms with van der Waals surface area (Å²) in [6.45, 7) is 5.00. The van der Waals surface area contributed by atoms with Crippen molar-refractivity contribution in [2.75, 3.05) is 0 Å². The quantitative estimate of drug-likeness (QED) is 0.505. The van der Waals surface area contributed by atoms with Crippen molar-refractivity contribution in [3.63, 3.8) is 0 Å². The van der Waals surface area contributed by atoms with E-state index in [1.807, 2.05) is 0 Å². The van der Waals surface area contributed by atoms with E-state index in [-0.39, 0.29) is 11.0 Å². The van der Waals surface area contributed by atoms with Crippen LogP contribution >= 0.6 is 11.6 Å². The first kappa shape index (κ1) is 19.2. The number of carbonyl (C=O) groups is 1. The van der Waals surface area contributed by atoms with E-state index in [4.69, 9.17) is 16.3 Å². The zero-order chi connectivity index (χ0) is 20.0. The zero-order valence-electron chi connectivity index (χ0n) is 14.6. The summed E-state index contributed by atoms with van der Waals surface area (Å²) in [7, 11) is 0. The van der Waals surface area contributed by atoms with Gasteiger partial charge >= 0.3 is 12.3 Å². The Labute approximate surface area is 157 Å². The molecule has 2 heterocycles. The molecule has 0 aliphatic rings. The van der Waals surface area contributed by atoms with Crippen LogP contribution in [0.4, 0.5) is 18.0 Å². The van der Waals surface area contributed by atoms with Gasteiger partial charge in [-0.25, -0.2) is 19.3 Å². The highest BCUT2D eigenvalue weighted by molar-refractivity contribution is 6.28. The minimum absolute atomic E-state index is 0.0814. The Balaban J connectivity index is 2.32. The molecule has 0 amide bonds. The van der Waals surface area contributed by atoms with Gasteiger partial charge in [0.15, 0.2) is 0 Å². The summed E-state index contributed by atoms with van der Waals surface area (Å²) in [6, 6.07) is 8.11. The lowest BCUT2D eigenvalue weighted by atomic mass is 10.1. The van der Waals surface area contributed by atoms with Crippen LogP contribution in [0.15, 0.2) is 36.5 Å². The maximum absolute atomic E-state index is 13.5. The third kappa shape index (κ3) is 3.90. The van der Waals surface area contributed by atoms with Crippen LogP contribution in [0.1, 0.15) is 26.3 Å². The molecular formula is C18H15ClF3N3O2. The molecule has 9 heteroatoms. The maximum Gasteiger partial charge on any atom is 0.420 e. The SMILES string of the molecule is CC(C)(C)OC(=O)n1c(-c2nc(Cl)ncc2C(F)(F)F)cc2ccccc21. The van der Waals surface area contributed by atoms with Crippen molar-refractivity contribution in [2.24, 2.45) is 0 Å². The number of halogens is 4. The average molecular weight is 398 g/mol. The number of para-hydroxylation sites is 1. The second-order valence-corrected chi connectivity index (χ2v) is 7.14. The highest BCUT2D eigenvalue weighted by Gasteiger charge is 2.37. The molecular weight excluding hydrogens is 383 g/mol. The molecule has 0 saturated carbocycles. The second-order valence-electron chi connectivity index (χ2n) is 6.80. The van der Waals surface area contributed by atoms with E-state index in [9.17, 15) is 18.0 Å². The van der Waals surface area contributed by atoms with Crippen molar-refractivity contribution < 1.29 is 22.7 Å². The van der Waals surface area contributed by atoms with Crippen molar-refractivity contribution in [1.29, 1.82) is 0 Å². The first-order chi connectivity index (χ1) is 12.5. The van der Waals surface area contributed by atoms with Crippen LogP contribution in [0.3, 0.4) is 0 Å².